The Bertz CT molecular complexity index is 853. The smallest absolute Gasteiger partial charge is 0.449 e. The van der Waals surface area contributed by atoms with E-state index in [4.69, 9.17) is 10.8 Å². The Balaban J connectivity index is 0.000000983. The second-order valence-corrected chi connectivity index (χ2v) is 9.85. The predicted molar refractivity (Wildman–Crippen MR) is 140 cm³/mol. The monoisotopic (exact) mass is 580 g/mol. The van der Waals surface area contributed by atoms with Gasteiger partial charge in [-0.2, -0.15) is 13.2 Å². The highest BCUT2D eigenvalue weighted by molar-refractivity contribution is 5.96. The van der Waals surface area contributed by atoms with Gasteiger partial charge in [0.25, 0.3) is 0 Å². The van der Waals surface area contributed by atoms with Crippen LogP contribution < -0.4 is 21.7 Å². The minimum absolute atomic E-state index is 0.0358. The summed E-state index contributed by atoms with van der Waals surface area (Å²) in [6, 6.07) is -1.28. The number of piperidine rings is 1. The third kappa shape index (κ3) is 18.3. The lowest BCUT2D eigenvalue weighted by molar-refractivity contribution is -0.171. The van der Waals surface area contributed by atoms with Crippen LogP contribution in [0.25, 0.3) is 0 Å². The molecule has 0 aromatic heterocycles. The first-order chi connectivity index (χ1) is 18.6. The van der Waals surface area contributed by atoms with Crippen molar-refractivity contribution in [2.24, 2.45) is 11.7 Å². The number of ketones is 2. The molecule has 0 aliphatic carbocycles. The van der Waals surface area contributed by atoms with E-state index in [1.807, 2.05) is 0 Å². The van der Waals surface area contributed by atoms with E-state index >= 15 is 0 Å². The molecule has 0 aromatic carbocycles. The van der Waals surface area contributed by atoms with Crippen molar-refractivity contribution in [1.82, 2.24) is 16.0 Å². The summed E-state index contributed by atoms with van der Waals surface area (Å²) >= 11 is 0. The molecule has 0 radical (unpaired) electrons. The predicted octanol–water partition coefficient (Wildman–Crippen LogP) is 2.15. The molecule has 0 bridgehead atoms. The topological polar surface area (TPSA) is 185 Å². The van der Waals surface area contributed by atoms with Gasteiger partial charge in [0.05, 0.1) is 6.04 Å². The highest BCUT2D eigenvalue weighted by Gasteiger charge is 2.37. The number of carbonyl (C=O) groups is 6. The van der Waals surface area contributed by atoms with Crippen LogP contribution in [-0.4, -0.2) is 71.7 Å². The zero-order valence-electron chi connectivity index (χ0n) is 23.2. The Morgan fingerprint density at radius 3 is 2.00 bits per heavy atom. The van der Waals surface area contributed by atoms with Crippen molar-refractivity contribution in [1.29, 1.82) is 0 Å². The number of alkyl halides is 3. The van der Waals surface area contributed by atoms with Gasteiger partial charge in [-0.15, -0.1) is 0 Å². The molecule has 1 heterocycles. The maximum absolute atomic E-state index is 12.2. The van der Waals surface area contributed by atoms with Gasteiger partial charge in [-0.25, -0.2) is 0 Å². The normalized spacial score (nSPS) is 17.6. The van der Waals surface area contributed by atoms with E-state index in [1.54, 1.807) is 0 Å². The van der Waals surface area contributed by atoms with Crippen LogP contribution in [0.4, 0.5) is 13.2 Å². The molecular weight excluding hydrogens is 537 g/mol. The van der Waals surface area contributed by atoms with E-state index < -0.39 is 42.4 Å². The molecule has 0 spiro atoms. The molecule has 1 fully saturated rings. The number of hydrogen-bond donors (Lipinski definition) is 5. The summed E-state index contributed by atoms with van der Waals surface area (Å²) in [7, 11) is 0. The third-order valence-corrected chi connectivity index (χ3v) is 6.22. The molecule has 14 heteroatoms. The number of unbranched alkanes of at least 4 members (excludes halogenated alkanes) is 4. The molecule has 0 saturated carbocycles. The van der Waals surface area contributed by atoms with Crippen LogP contribution in [0.2, 0.25) is 0 Å². The lowest BCUT2D eigenvalue weighted by Crippen LogP contribution is -2.49. The molecule has 1 aliphatic heterocycles. The van der Waals surface area contributed by atoms with Gasteiger partial charge in [0.15, 0.2) is 5.78 Å². The number of nitrogens with two attached hydrogens (primary N) is 1. The second kappa shape index (κ2) is 19.9. The number of halogens is 3. The molecular formula is C26H43F3N4O7. The first-order valence-electron chi connectivity index (χ1n) is 13.6. The summed E-state index contributed by atoms with van der Waals surface area (Å²) in [5, 5.41) is 16.4. The van der Waals surface area contributed by atoms with Gasteiger partial charge >= 0.3 is 12.1 Å². The minimum atomic E-state index is -4.78. The van der Waals surface area contributed by atoms with Crippen LogP contribution in [0.15, 0.2) is 0 Å². The number of Topliss-reactive ketones (excluding diaryl/α,β-unsaturated/α-hetero) is 2. The molecule has 40 heavy (non-hydrogen) atoms. The molecule has 1 rings (SSSR count). The first kappa shape index (κ1) is 37.0. The van der Waals surface area contributed by atoms with Crippen LogP contribution in [0, 0.1) is 5.92 Å². The Labute approximate surface area is 232 Å². The Kier molecular flexibility index (Phi) is 18.4. The molecule has 0 aromatic rings. The first-order valence-corrected chi connectivity index (χ1v) is 13.6. The maximum Gasteiger partial charge on any atom is 0.449 e. The van der Waals surface area contributed by atoms with Crippen LogP contribution >= 0.6 is 0 Å². The van der Waals surface area contributed by atoms with Crippen molar-refractivity contribution in [2.75, 3.05) is 13.1 Å². The highest BCUT2D eigenvalue weighted by atomic mass is 19.4. The van der Waals surface area contributed by atoms with Crippen molar-refractivity contribution in [3.63, 3.8) is 0 Å². The largest absolute Gasteiger partial charge is 0.480 e. The van der Waals surface area contributed by atoms with Crippen molar-refractivity contribution in [3.05, 3.63) is 0 Å². The third-order valence-electron chi connectivity index (χ3n) is 6.22. The van der Waals surface area contributed by atoms with E-state index in [-0.39, 0.29) is 36.3 Å². The number of rotatable bonds is 17. The number of aliphatic carboxylic acids is 1. The van der Waals surface area contributed by atoms with E-state index in [0.29, 0.717) is 58.0 Å². The van der Waals surface area contributed by atoms with Crippen LogP contribution in [-0.2, 0) is 28.8 Å². The van der Waals surface area contributed by atoms with E-state index in [9.17, 15) is 41.9 Å². The fourth-order valence-corrected chi connectivity index (χ4v) is 3.92. The molecule has 1 saturated heterocycles. The zero-order valence-corrected chi connectivity index (χ0v) is 23.2. The molecule has 11 nitrogen and oxygen atoms in total. The average molecular weight is 581 g/mol. The average Bonchev–Trinajstić information content (AvgIpc) is 2.84. The molecule has 3 amide bonds. The zero-order chi connectivity index (χ0) is 30.7. The van der Waals surface area contributed by atoms with Gasteiger partial charge in [-0.3, -0.25) is 28.8 Å². The molecule has 3 unspecified atom stereocenters. The quantitative estimate of drug-likeness (QED) is 0.162. The molecule has 6 N–H and O–H groups in total. The fourth-order valence-electron chi connectivity index (χ4n) is 3.92. The number of hydrogen-bond acceptors (Lipinski definition) is 7. The Hall–Kier alpha value is -3.03. The summed E-state index contributed by atoms with van der Waals surface area (Å²) in [5.74, 6) is -3.56. The molecule has 230 valence electrons. The van der Waals surface area contributed by atoms with Crippen molar-refractivity contribution in [3.8, 4) is 0 Å². The van der Waals surface area contributed by atoms with Crippen LogP contribution in [0.5, 0.6) is 0 Å². The fraction of sp³-hybridized carbons (Fsp3) is 0.769. The van der Waals surface area contributed by atoms with Gasteiger partial charge in [0, 0.05) is 45.7 Å². The summed E-state index contributed by atoms with van der Waals surface area (Å²) in [4.78, 5) is 66.5. The minimum Gasteiger partial charge on any atom is -0.480 e. The Morgan fingerprint density at radius 2 is 1.48 bits per heavy atom. The number of carboxylic acids is 1. The van der Waals surface area contributed by atoms with Gasteiger partial charge in [0.1, 0.15) is 6.04 Å². The standard InChI is InChI=1S/C18H27F3N2O4.C8H16N2O3/c1-12(24)22-10-6-5-8-14-15(25)11-13(17(27)23-14)7-3-2-4-9-16(26)18(19,20)21;1-6(11)10-5-3-2-4-7(9)8(12)13/h13-14H,2-11H2,1H3,(H,22,24)(H,23,27);7H,2-5,9H2,1H3,(H,10,11)(H,12,13). The van der Waals surface area contributed by atoms with E-state index in [2.05, 4.69) is 16.0 Å². The summed E-state index contributed by atoms with van der Waals surface area (Å²) in [6.07, 6.45) is 0.152. The van der Waals surface area contributed by atoms with Crippen LogP contribution in [0.1, 0.15) is 90.9 Å². The van der Waals surface area contributed by atoms with Gasteiger partial charge < -0.3 is 26.8 Å². The van der Waals surface area contributed by atoms with E-state index in [1.165, 1.54) is 13.8 Å². The summed E-state index contributed by atoms with van der Waals surface area (Å²) < 4.78 is 36.3. The number of nitrogens with one attached hydrogen (secondary N) is 3. The second-order valence-electron chi connectivity index (χ2n) is 9.85. The number of amides is 3. The summed E-state index contributed by atoms with van der Waals surface area (Å²) in [5.41, 5.74) is 5.27. The Morgan fingerprint density at radius 1 is 0.925 bits per heavy atom. The lowest BCUT2D eigenvalue weighted by atomic mass is 9.87. The van der Waals surface area contributed by atoms with Crippen LogP contribution in [0.3, 0.4) is 0 Å². The molecule has 1 aliphatic rings. The van der Waals surface area contributed by atoms with Gasteiger partial charge in [-0.05, 0) is 51.4 Å². The summed E-state index contributed by atoms with van der Waals surface area (Å²) in [6.45, 7) is 3.99. The van der Waals surface area contributed by atoms with Crippen molar-refractivity contribution >= 4 is 35.3 Å². The van der Waals surface area contributed by atoms with E-state index in [0.717, 1.165) is 12.8 Å². The van der Waals surface area contributed by atoms with Crippen molar-refractivity contribution < 1.29 is 47.0 Å². The highest BCUT2D eigenvalue weighted by Crippen LogP contribution is 2.23. The van der Waals surface area contributed by atoms with Gasteiger partial charge in [-0.1, -0.05) is 12.8 Å². The molecule has 3 atom stereocenters. The van der Waals surface area contributed by atoms with Crippen molar-refractivity contribution in [2.45, 2.75) is 109 Å². The maximum atomic E-state index is 12.2. The number of carbonyl (C=O) groups excluding carboxylic acids is 5. The SMILES string of the molecule is CC(=O)NCCCCC(N)C(=O)O.CC(=O)NCCCCC1NC(=O)C(CCCCCC(=O)C(F)(F)F)CC1=O. The lowest BCUT2D eigenvalue weighted by Gasteiger charge is -2.28. The number of carboxylic acid groups (broad SMARTS) is 1. The van der Waals surface area contributed by atoms with Gasteiger partial charge in [0.2, 0.25) is 23.5 Å².